The van der Waals surface area contributed by atoms with Crippen LogP contribution >= 0.6 is 0 Å². The number of phenols is 3. The number of hydrogen-bond donors (Lipinski definition) is 4. The molecule has 1 aromatic heterocycles. The lowest BCUT2D eigenvalue weighted by atomic mass is 9.75. The summed E-state index contributed by atoms with van der Waals surface area (Å²) in [5.41, 5.74) is -4.36. The topological polar surface area (TPSA) is 171 Å². The highest BCUT2D eigenvalue weighted by Crippen LogP contribution is 2.59. The molecule has 4 aromatic rings. The Labute approximate surface area is 264 Å². The highest BCUT2D eigenvalue weighted by molar-refractivity contribution is 6.39. The zero-order chi connectivity index (χ0) is 33.5. The van der Waals surface area contributed by atoms with Gasteiger partial charge in [-0.05, 0) is 60.7 Å². The fraction of sp³-hybridized carbons (Fsp3) is 0.139. The number of phenolic OH excluding ortho intramolecular Hbond substituents is 3. The van der Waals surface area contributed by atoms with Crippen LogP contribution in [0.2, 0.25) is 0 Å². The third-order valence-corrected chi connectivity index (χ3v) is 9.15. The maximum atomic E-state index is 14.5. The first-order valence-corrected chi connectivity index (χ1v) is 14.5. The molecule has 0 saturated heterocycles. The summed E-state index contributed by atoms with van der Waals surface area (Å²) >= 11 is 0. The number of pyridine rings is 1. The van der Waals surface area contributed by atoms with Crippen molar-refractivity contribution in [1.82, 2.24) is 4.98 Å². The van der Waals surface area contributed by atoms with E-state index in [9.17, 15) is 43.7 Å². The fourth-order valence-electron chi connectivity index (χ4n) is 7.16. The molecule has 234 valence electrons. The van der Waals surface area contributed by atoms with Gasteiger partial charge in [-0.1, -0.05) is 30.4 Å². The summed E-state index contributed by atoms with van der Waals surface area (Å²) in [4.78, 5) is 71.3. The van der Waals surface area contributed by atoms with Crippen molar-refractivity contribution in [2.75, 3.05) is 7.11 Å². The number of hydrogen-bond acceptors (Lipinski definition) is 9. The van der Waals surface area contributed by atoms with Gasteiger partial charge < -0.3 is 25.0 Å². The van der Waals surface area contributed by atoms with Gasteiger partial charge in [0.1, 0.15) is 28.5 Å². The lowest BCUT2D eigenvalue weighted by molar-refractivity contribution is 0.0790. The summed E-state index contributed by atoms with van der Waals surface area (Å²) < 4.78 is 19.0. The van der Waals surface area contributed by atoms with Crippen LogP contribution in [0.15, 0.2) is 65.2 Å². The molecule has 0 radical (unpaired) electrons. The van der Waals surface area contributed by atoms with Gasteiger partial charge in [0.25, 0.3) is 5.56 Å². The third-order valence-electron chi connectivity index (χ3n) is 9.15. The normalized spacial score (nSPS) is 18.5. The van der Waals surface area contributed by atoms with Gasteiger partial charge in [0.15, 0.2) is 23.1 Å². The monoisotopic (exact) mass is 633 g/mol. The molecular formula is C36H24FNO9. The lowest BCUT2D eigenvalue weighted by Crippen LogP contribution is -2.36. The van der Waals surface area contributed by atoms with Crippen LogP contribution in [0.4, 0.5) is 4.39 Å². The van der Waals surface area contributed by atoms with Crippen molar-refractivity contribution in [3.05, 3.63) is 116 Å². The molecule has 11 heteroatoms. The number of ketones is 4. The highest BCUT2D eigenvalue weighted by atomic mass is 19.1. The highest BCUT2D eigenvalue weighted by Gasteiger charge is 2.62. The molecule has 0 saturated carbocycles. The molecule has 4 N–H and O–H groups in total. The number of methoxy groups -OCH3 is 1. The summed E-state index contributed by atoms with van der Waals surface area (Å²) in [5, 5.41) is 34.5. The van der Waals surface area contributed by atoms with E-state index >= 15 is 0 Å². The minimum atomic E-state index is -2.23. The molecule has 3 aliphatic rings. The maximum absolute atomic E-state index is 14.5. The number of fused-ring (bicyclic) bond motifs is 5. The minimum absolute atomic E-state index is 0.0159. The van der Waals surface area contributed by atoms with Crippen LogP contribution in [-0.4, -0.2) is 50.5 Å². The molecule has 0 amide bonds. The number of aromatic amines is 1. The van der Waals surface area contributed by atoms with E-state index in [-0.39, 0.29) is 29.2 Å². The molecule has 3 aromatic carbocycles. The molecule has 1 spiro atoms. The summed E-state index contributed by atoms with van der Waals surface area (Å²) in [5.74, 6) is -7.53. The van der Waals surface area contributed by atoms with Crippen LogP contribution in [-0.2, 0) is 16.6 Å². The fourth-order valence-corrected chi connectivity index (χ4v) is 7.16. The second-order valence-corrected chi connectivity index (χ2v) is 11.5. The Balaban J connectivity index is 1.55. The molecule has 7 rings (SSSR count). The van der Waals surface area contributed by atoms with Crippen LogP contribution in [0.5, 0.6) is 17.2 Å². The van der Waals surface area contributed by atoms with Crippen LogP contribution in [0.3, 0.4) is 0 Å². The van der Waals surface area contributed by atoms with E-state index in [1.165, 1.54) is 24.3 Å². The van der Waals surface area contributed by atoms with Crippen molar-refractivity contribution in [3.8, 4) is 28.4 Å². The van der Waals surface area contributed by atoms with Crippen molar-refractivity contribution in [3.63, 3.8) is 0 Å². The third kappa shape index (κ3) is 3.79. The first-order chi connectivity index (χ1) is 22.5. The number of H-pyrrole nitrogens is 1. The molecule has 47 heavy (non-hydrogen) atoms. The zero-order valence-electron chi connectivity index (χ0n) is 24.9. The molecule has 0 fully saturated rings. The zero-order valence-corrected chi connectivity index (χ0v) is 24.9. The summed E-state index contributed by atoms with van der Waals surface area (Å²) in [6, 6.07) is 6.99. The number of halogens is 1. The van der Waals surface area contributed by atoms with Crippen molar-refractivity contribution in [1.29, 1.82) is 0 Å². The van der Waals surface area contributed by atoms with Gasteiger partial charge >= 0.3 is 0 Å². The van der Waals surface area contributed by atoms with Gasteiger partial charge in [-0.3, -0.25) is 24.0 Å². The van der Waals surface area contributed by atoms with Crippen molar-refractivity contribution >= 4 is 40.0 Å². The molecule has 0 bridgehead atoms. The Morgan fingerprint density at radius 3 is 2.17 bits per heavy atom. The Morgan fingerprint density at radius 1 is 0.872 bits per heavy atom. The number of carbonyl (C=O) groups excluding carboxylic acids is 4. The molecule has 1 atom stereocenters. The van der Waals surface area contributed by atoms with Gasteiger partial charge in [0, 0.05) is 22.7 Å². The summed E-state index contributed by atoms with van der Waals surface area (Å²) in [6.07, 6.45) is 7.45. The Morgan fingerprint density at radius 2 is 1.53 bits per heavy atom. The van der Waals surface area contributed by atoms with E-state index in [4.69, 9.17) is 4.74 Å². The second kappa shape index (κ2) is 10.2. The second-order valence-electron chi connectivity index (χ2n) is 11.5. The average molecular weight is 634 g/mol. The standard InChI is InChI=1S/C36H24FNO9/c1-3-4-5-6-17-13-19-22(15-7-9-16(37)10-8-15)18-11-12-36(28(18)32(43)23(19)35(46)38-17)33(44)26-27(34(36)45)31(42)25-24(30(26)41)20(39)14-21(47-2)29(25)40/h3-10,13-14,41-43H,11-12H2,1-2H3,(H,38,46)/b4-3+,6-5+/t36-/m0/s1. The van der Waals surface area contributed by atoms with E-state index in [0.717, 1.165) is 13.2 Å². The number of nitrogens with one attached hydrogen (secondary N) is 1. The Kier molecular flexibility index (Phi) is 6.43. The van der Waals surface area contributed by atoms with Gasteiger partial charge in [0.05, 0.1) is 34.7 Å². The van der Waals surface area contributed by atoms with Crippen LogP contribution in [0.1, 0.15) is 71.6 Å². The van der Waals surface area contributed by atoms with Gasteiger partial charge in [-0.15, -0.1) is 0 Å². The number of aromatic hydroxyl groups is 3. The van der Waals surface area contributed by atoms with E-state index in [1.54, 1.807) is 30.4 Å². The smallest absolute Gasteiger partial charge is 0.260 e. The Hall–Kier alpha value is -6.10. The predicted molar refractivity (Wildman–Crippen MR) is 168 cm³/mol. The van der Waals surface area contributed by atoms with Crippen molar-refractivity contribution in [2.45, 2.75) is 25.2 Å². The number of Topliss-reactive ketones (excluding diaryl/α,β-unsaturated/α-hetero) is 3. The maximum Gasteiger partial charge on any atom is 0.260 e. The van der Waals surface area contributed by atoms with E-state index in [0.29, 0.717) is 22.4 Å². The number of aromatic nitrogens is 1. The number of carbonyl (C=O) groups is 4. The first-order valence-electron chi connectivity index (χ1n) is 14.5. The molecule has 0 aliphatic heterocycles. The Bertz CT molecular complexity index is 2330. The number of ether oxygens (including phenoxy) is 1. The van der Waals surface area contributed by atoms with Gasteiger partial charge in [0.2, 0.25) is 5.78 Å². The van der Waals surface area contributed by atoms with Crippen LogP contribution < -0.4 is 5.56 Å². The first kappa shape index (κ1) is 29.6. The van der Waals surface area contributed by atoms with E-state index in [2.05, 4.69) is 4.98 Å². The van der Waals surface area contributed by atoms with Crippen molar-refractivity contribution < 1.29 is 43.6 Å². The molecule has 10 nitrogen and oxygen atoms in total. The quantitative estimate of drug-likeness (QED) is 0.134. The van der Waals surface area contributed by atoms with Crippen molar-refractivity contribution in [2.24, 2.45) is 0 Å². The number of allylic oxidation sites excluding steroid dienone is 5. The van der Waals surface area contributed by atoms with Crippen LogP contribution in [0, 0.1) is 5.82 Å². The molecule has 0 unspecified atom stereocenters. The van der Waals surface area contributed by atoms with E-state index < -0.39 is 85.2 Å². The SMILES string of the molecule is C/C=C/C=C/c1cc2c(-c3ccc(F)cc3)c3c(c(O)c2c(=O)[nH]1)[C@@]1(CC3)C(=O)c2c(O)c3c(c(O)c2C1=O)C(=O)C(OC)=CC3=O. The van der Waals surface area contributed by atoms with Gasteiger partial charge in [-0.25, -0.2) is 4.39 Å². The average Bonchev–Trinajstić information content (AvgIpc) is 3.54. The van der Waals surface area contributed by atoms with Gasteiger partial charge in [-0.2, -0.15) is 0 Å². The minimum Gasteiger partial charge on any atom is -0.507 e. The largest absolute Gasteiger partial charge is 0.507 e. The predicted octanol–water partition coefficient (Wildman–Crippen LogP) is 5.21. The summed E-state index contributed by atoms with van der Waals surface area (Å²) in [6.45, 7) is 1.82. The molecule has 3 aliphatic carbocycles. The van der Waals surface area contributed by atoms with Crippen LogP contribution in [0.25, 0.3) is 28.0 Å². The molecule has 1 heterocycles. The molecular weight excluding hydrogens is 609 g/mol. The van der Waals surface area contributed by atoms with E-state index in [1.807, 2.05) is 6.92 Å². The lowest BCUT2D eigenvalue weighted by Gasteiger charge is -2.24. The summed E-state index contributed by atoms with van der Waals surface area (Å²) in [7, 11) is 1.13. The number of benzene rings is 3. The number of rotatable bonds is 4.